The Balaban J connectivity index is 1.58. The average molecular weight is 449 g/mol. The minimum atomic E-state index is -3.66. The molecule has 0 spiro atoms. The van der Waals surface area contributed by atoms with Gasteiger partial charge in [0, 0.05) is 25.7 Å². The van der Waals surface area contributed by atoms with E-state index in [0.29, 0.717) is 4.90 Å². The summed E-state index contributed by atoms with van der Waals surface area (Å²) in [6.07, 6.45) is 1.62. The van der Waals surface area contributed by atoms with Gasteiger partial charge in [-0.15, -0.1) is 0 Å². The van der Waals surface area contributed by atoms with Crippen LogP contribution in [0.25, 0.3) is 0 Å². The summed E-state index contributed by atoms with van der Waals surface area (Å²) in [4.78, 5) is 2.79. The minimum absolute atomic E-state index is 0.0584. The Morgan fingerprint density at radius 3 is 2.06 bits per heavy atom. The van der Waals surface area contributed by atoms with Crippen molar-refractivity contribution in [2.45, 2.75) is 51.1 Å². The number of anilines is 1. The molecular weight excluding hydrogens is 416 g/mol. The SMILES string of the molecule is Cc1ccc(N(C2CCN(Cc3cccc(C)c3)CC2)S(=O)(=O)c2cccc(C)c2)cc1. The van der Waals surface area contributed by atoms with Gasteiger partial charge in [0.1, 0.15) is 0 Å². The van der Waals surface area contributed by atoms with E-state index in [1.165, 1.54) is 11.1 Å². The molecule has 32 heavy (non-hydrogen) atoms. The summed E-state index contributed by atoms with van der Waals surface area (Å²) >= 11 is 0. The van der Waals surface area contributed by atoms with Crippen molar-refractivity contribution >= 4 is 15.7 Å². The number of nitrogens with zero attached hydrogens (tertiary/aromatic N) is 2. The molecule has 1 aliphatic rings. The second-order valence-electron chi connectivity index (χ2n) is 8.95. The second kappa shape index (κ2) is 9.47. The minimum Gasteiger partial charge on any atom is -0.299 e. The molecule has 0 amide bonds. The van der Waals surface area contributed by atoms with Crippen LogP contribution in [0.15, 0.2) is 77.7 Å². The summed E-state index contributed by atoms with van der Waals surface area (Å²) in [5.74, 6) is 0. The molecule has 1 aliphatic heterocycles. The highest BCUT2D eigenvalue weighted by molar-refractivity contribution is 7.92. The van der Waals surface area contributed by atoms with Crippen LogP contribution in [0, 0.1) is 20.8 Å². The molecule has 1 saturated heterocycles. The summed E-state index contributed by atoms with van der Waals surface area (Å²) < 4.78 is 29.3. The third kappa shape index (κ3) is 5.05. The average Bonchev–Trinajstić information content (AvgIpc) is 2.76. The van der Waals surface area contributed by atoms with Crippen LogP contribution in [-0.4, -0.2) is 32.4 Å². The lowest BCUT2D eigenvalue weighted by atomic mass is 10.0. The standard InChI is InChI=1S/C27H32N2O2S/c1-21-10-12-25(13-11-21)29(32(30,31)27-9-5-7-23(3)19-27)26-14-16-28(17-15-26)20-24-8-4-6-22(2)18-24/h4-13,18-19,26H,14-17,20H2,1-3H3. The molecule has 0 unspecified atom stereocenters. The lowest BCUT2D eigenvalue weighted by Gasteiger charge is -2.39. The number of hydrogen-bond acceptors (Lipinski definition) is 3. The quantitative estimate of drug-likeness (QED) is 0.502. The molecule has 4 rings (SSSR count). The zero-order valence-corrected chi connectivity index (χ0v) is 20.0. The van der Waals surface area contributed by atoms with E-state index in [4.69, 9.17) is 0 Å². The highest BCUT2D eigenvalue weighted by Gasteiger charge is 2.34. The van der Waals surface area contributed by atoms with Gasteiger partial charge in [-0.05, 0) is 69.0 Å². The predicted octanol–water partition coefficient (Wildman–Crippen LogP) is 5.47. The molecule has 3 aromatic rings. The topological polar surface area (TPSA) is 40.6 Å². The lowest BCUT2D eigenvalue weighted by molar-refractivity contribution is 0.206. The van der Waals surface area contributed by atoms with Crippen molar-refractivity contribution in [2.24, 2.45) is 0 Å². The maximum Gasteiger partial charge on any atom is 0.264 e. The van der Waals surface area contributed by atoms with E-state index in [2.05, 4.69) is 36.1 Å². The van der Waals surface area contributed by atoms with E-state index in [9.17, 15) is 8.42 Å². The summed E-state index contributed by atoms with van der Waals surface area (Å²) in [6, 6.07) is 23.6. The Morgan fingerprint density at radius 2 is 1.44 bits per heavy atom. The van der Waals surface area contributed by atoms with Crippen LogP contribution in [0.1, 0.15) is 35.1 Å². The first kappa shape index (κ1) is 22.6. The zero-order valence-electron chi connectivity index (χ0n) is 19.2. The maximum absolute atomic E-state index is 13.8. The normalized spacial score (nSPS) is 15.6. The third-order valence-corrected chi connectivity index (χ3v) is 8.09. The molecule has 0 atom stereocenters. The van der Waals surface area contributed by atoms with Crippen molar-refractivity contribution in [2.75, 3.05) is 17.4 Å². The van der Waals surface area contributed by atoms with Crippen LogP contribution in [0.3, 0.4) is 0 Å². The molecule has 3 aromatic carbocycles. The van der Waals surface area contributed by atoms with Crippen molar-refractivity contribution < 1.29 is 8.42 Å². The number of rotatable bonds is 6. The van der Waals surface area contributed by atoms with E-state index in [1.807, 2.05) is 50.2 Å². The number of piperidine rings is 1. The summed E-state index contributed by atoms with van der Waals surface area (Å²) in [6.45, 7) is 8.73. The van der Waals surface area contributed by atoms with E-state index >= 15 is 0 Å². The second-order valence-corrected chi connectivity index (χ2v) is 10.8. The number of benzene rings is 3. The highest BCUT2D eigenvalue weighted by Crippen LogP contribution is 2.31. The molecule has 0 radical (unpaired) electrons. The first-order valence-corrected chi connectivity index (χ1v) is 12.7. The first-order chi connectivity index (χ1) is 15.3. The van der Waals surface area contributed by atoms with Crippen molar-refractivity contribution in [3.05, 3.63) is 95.1 Å². The summed E-state index contributed by atoms with van der Waals surface area (Å²) in [5.41, 5.74) is 5.39. The molecule has 168 valence electrons. The largest absolute Gasteiger partial charge is 0.299 e. The van der Waals surface area contributed by atoms with Gasteiger partial charge in [0.05, 0.1) is 10.6 Å². The van der Waals surface area contributed by atoms with E-state index < -0.39 is 10.0 Å². The van der Waals surface area contributed by atoms with Crippen molar-refractivity contribution in [1.82, 2.24) is 4.90 Å². The maximum atomic E-state index is 13.8. The zero-order chi connectivity index (χ0) is 22.7. The molecule has 0 N–H and O–H groups in total. The van der Waals surface area contributed by atoms with Crippen LogP contribution in [-0.2, 0) is 16.6 Å². The van der Waals surface area contributed by atoms with Gasteiger partial charge in [0.2, 0.25) is 0 Å². The third-order valence-electron chi connectivity index (χ3n) is 6.21. The Bertz CT molecular complexity index is 1160. The predicted molar refractivity (Wildman–Crippen MR) is 132 cm³/mol. The van der Waals surface area contributed by atoms with Crippen LogP contribution in [0.5, 0.6) is 0 Å². The molecule has 0 saturated carbocycles. The Hall–Kier alpha value is -2.63. The van der Waals surface area contributed by atoms with Crippen LogP contribution in [0.2, 0.25) is 0 Å². The van der Waals surface area contributed by atoms with Crippen LogP contribution < -0.4 is 4.31 Å². The molecule has 1 fully saturated rings. The molecular formula is C27H32N2O2S. The number of sulfonamides is 1. The monoisotopic (exact) mass is 448 g/mol. The van der Waals surface area contributed by atoms with Crippen molar-refractivity contribution in [3.8, 4) is 0 Å². The first-order valence-electron chi connectivity index (χ1n) is 11.3. The Kier molecular flexibility index (Phi) is 6.68. The van der Waals surface area contributed by atoms with Gasteiger partial charge in [0.15, 0.2) is 0 Å². The molecule has 4 nitrogen and oxygen atoms in total. The number of likely N-dealkylation sites (tertiary alicyclic amines) is 1. The van der Waals surface area contributed by atoms with Gasteiger partial charge >= 0.3 is 0 Å². The highest BCUT2D eigenvalue weighted by atomic mass is 32.2. The van der Waals surface area contributed by atoms with E-state index in [0.717, 1.165) is 49.3 Å². The molecule has 0 aromatic heterocycles. The fraction of sp³-hybridized carbons (Fsp3) is 0.333. The van der Waals surface area contributed by atoms with Gasteiger partial charge in [-0.25, -0.2) is 8.42 Å². The number of aryl methyl sites for hydroxylation is 3. The van der Waals surface area contributed by atoms with Crippen molar-refractivity contribution in [3.63, 3.8) is 0 Å². The van der Waals surface area contributed by atoms with Crippen LogP contribution >= 0.6 is 0 Å². The number of hydrogen-bond donors (Lipinski definition) is 0. The summed E-state index contributed by atoms with van der Waals surface area (Å²) in [7, 11) is -3.66. The van der Waals surface area contributed by atoms with Gasteiger partial charge in [-0.3, -0.25) is 9.21 Å². The smallest absolute Gasteiger partial charge is 0.264 e. The van der Waals surface area contributed by atoms with E-state index in [1.54, 1.807) is 16.4 Å². The summed E-state index contributed by atoms with van der Waals surface area (Å²) in [5, 5.41) is 0. The van der Waals surface area contributed by atoms with Gasteiger partial charge in [-0.1, -0.05) is 59.7 Å². The molecule has 5 heteroatoms. The fourth-order valence-electron chi connectivity index (χ4n) is 4.51. The molecule has 0 aliphatic carbocycles. The lowest BCUT2D eigenvalue weighted by Crippen LogP contribution is -2.47. The van der Waals surface area contributed by atoms with Gasteiger partial charge in [0.25, 0.3) is 10.0 Å². The van der Waals surface area contributed by atoms with Crippen LogP contribution in [0.4, 0.5) is 5.69 Å². The fourth-order valence-corrected chi connectivity index (χ4v) is 6.32. The van der Waals surface area contributed by atoms with Gasteiger partial charge < -0.3 is 0 Å². The van der Waals surface area contributed by atoms with E-state index in [-0.39, 0.29) is 6.04 Å². The van der Waals surface area contributed by atoms with Crippen molar-refractivity contribution in [1.29, 1.82) is 0 Å². The molecule has 1 heterocycles. The Morgan fingerprint density at radius 1 is 0.812 bits per heavy atom. The Labute approximate surface area is 192 Å². The van der Waals surface area contributed by atoms with Gasteiger partial charge in [-0.2, -0.15) is 0 Å². The molecule has 0 bridgehead atoms.